The van der Waals surface area contributed by atoms with Crippen molar-refractivity contribution < 1.29 is 24.2 Å². The summed E-state index contributed by atoms with van der Waals surface area (Å²) in [6.07, 6.45) is 7.91. The number of rotatable bonds is 13. The van der Waals surface area contributed by atoms with Crippen molar-refractivity contribution in [2.24, 2.45) is 5.41 Å². The molecule has 0 fully saturated rings. The molecule has 0 unspecified atom stereocenters. The van der Waals surface area contributed by atoms with Gasteiger partial charge >= 0.3 is 5.97 Å². The predicted octanol–water partition coefficient (Wildman–Crippen LogP) is 8.17. The Morgan fingerprint density at radius 3 is 2.45 bits per heavy atom. The maximum absolute atomic E-state index is 12.9. The molecular weight excluding hydrogens is 571 g/mol. The topological polar surface area (TPSA) is 97.8 Å². The summed E-state index contributed by atoms with van der Waals surface area (Å²) in [6, 6.07) is 2.86. The number of allylic oxidation sites excluding steroid dienone is 2. The van der Waals surface area contributed by atoms with Crippen LogP contribution in [0.1, 0.15) is 62.7 Å². The van der Waals surface area contributed by atoms with Crippen molar-refractivity contribution in [3.63, 3.8) is 0 Å². The number of hydrogen-bond donors (Lipinski definition) is 2. The molecule has 0 radical (unpaired) electrons. The average molecular weight is 608 g/mol. The summed E-state index contributed by atoms with van der Waals surface area (Å²) in [5.41, 5.74) is 2.86. The maximum Gasteiger partial charge on any atom is 0.331 e. The van der Waals surface area contributed by atoms with Gasteiger partial charge in [0, 0.05) is 41.4 Å². The van der Waals surface area contributed by atoms with Gasteiger partial charge in [0.25, 0.3) is 5.91 Å². The summed E-state index contributed by atoms with van der Waals surface area (Å²) in [7, 11) is 1.60. The van der Waals surface area contributed by atoms with Gasteiger partial charge in [-0.2, -0.15) is 0 Å². The van der Waals surface area contributed by atoms with Crippen LogP contribution in [0.3, 0.4) is 0 Å². The molecule has 216 valence electrons. The minimum absolute atomic E-state index is 0.0641. The Balaban J connectivity index is 2.21. The van der Waals surface area contributed by atoms with Crippen molar-refractivity contribution in [1.29, 1.82) is 0 Å². The normalized spacial score (nSPS) is 13.5. The van der Waals surface area contributed by atoms with Crippen LogP contribution in [0.4, 0.5) is 5.13 Å². The van der Waals surface area contributed by atoms with Crippen LogP contribution in [0.2, 0.25) is 10.0 Å². The molecule has 0 bridgehead atoms. The molecule has 0 saturated heterocycles. The fourth-order valence-electron chi connectivity index (χ4n) is 3.67. The highest BCUT2D eigenvalue weighted by atomic mass is 35.5. The average Bonchev–Trinajstić information content (AvgIpc) is 3.33. The molecular formula is C30H36Cl2N2O5S. The highest BCUT2D eigenvalue weighted by molar-refractivity contribution is 7.14. The molecule has 1 atom stereocenters. The lowest BCUT2D eigenvalue weighted by molar-refractivity contribution is -0.132. The number of methoxy groups -OCH3 is 1. The van der Waals surface area contributed by atoms with Crippen LogP contribution >= 0.6 is 34.5 Å². The molecule has 1 heterocycles. The molecule has 40 heavy (non-hydrogen) atoms. The summed E-state index contributed by atoms with van der Waals surface area (Å²) in [5.74, 6) is -1.55. The lowest BCUT2D eigenvalue weighted by Crippen LogP contribution is -2.30. The van der Waals surface area contributed by atoms with E-state index in [1.54, 1.807) is 7.11 Å². The molecule has 2 aromatic rings. The molecule has 0 aliphatic carbocycles. The zero-order valence-corrected chi connectivity index (χ0v) is 26.0. The Hall–Kier alpha value is -2.75. The van der Waals surface area contributed by atoms with Crippen molar-refractivity contribution in [3.8, 4) is 0 Å². The number of benzene rings is 1. The number of nitrogens with one attached hydrogen (secondary N) is 1. The SMILES string of the molecule is C=C(/C=C\C=C(/COC)c1csc(NC(=O)c2cc(Cl)c(/C=C(\C)C(=O)O)c(Cl)c2)n1)[C@@H](OCCC)C(C)(C)C. The van der Waals surface area contributed by atoms with Gasteiger partial charge in [-0.25, -0.2) is 9.78 Å². The summed E-state index contributed by atoms with van der Waals surface area (Å²) < 4.78 is 11.4. The Kier molecular flexibility index (Phi) is 12.8. The number of anilines is 1. The number of carboxylic acids is 1. The van der Waals surface area contributed by atoms with E-state index in [4.69, 9.17) is 37.8 Å². The number of amides is 1. The minimum atomic E-state index is -1.09. The van der Waals surface area contributed by atoms with Crippen LogP contribution in [0.25, 0.3) is 11.6 Å². The van der Waals surface area contributed by atoms with E-state index in [2.05, 4.69) is 44.6 Å². The molecule has 2 rings (SSSR count). The van der Waals surface area contributed by atoms with Crippen molar-refractivity contribution >= 4 is 63.2 Å². The van der Waals surface area contributed by atoms with Crippen molar-refractivity contribution in [2.45, 2.75) is 47.1 Å². The summed E-state index contributed by atoms with van der Waals surface area (Å²) in [6.45, 7) is 15.1. The van der Waals surface area contributed by atoms with Crippen LogP contribution < -0.4 is 5.32 Å². The van der Waals surface area contributed by atoms with Gasteiger partial charge in [0.1, 0.15) is 0 Å². The van der Waals surface area contributed by atoms with Crippen LogP contribution in [-0.4, -0.2) is 48.4 Å². The van der Waals surface area contributed by atoms with Crippen LogP contribution in [0.5, 0.6) is 0 Å². The van der Waals surface area contributed by atoms with E-state index < -0.39 is 11.9 Å². The quantitative estimate of drug-likeness (QED) is 0.176. The molecule has 1 aromatic heterocycles. The number of hydrogen-bond acceptors (Lipinski definition) is 6. The monoisotopic (exact) mass is 606 g/mol. The van der Waals surface area contributed by atoms with Gasteiger partial charge in [-0.3, -0.25) is 10.1 Å². The van der Waals surface area contributed by atoms with Gasteiger partial charge < -0.3 is 14.6 Å². The van der Waals surface area contributed by atoms with Gasteiger partial charge in [0.05, 0.1) is 28.5 Å². The van der Waals surface area contributed by atoms with Crippen molar-refractivity contribution in [3.05, 3.63) is 80.3 Å². The van der Waals surface area contributed by atoms with Crippen LogP contribution in [0.15, 0.2) is 53.5 Å². The zero-order valence-electron chi connectivity index (χ0n) is 23.6. The second-order valence-corrected chi connectivity index (χ2v) is 11.8. The minimum Gasteiger partial charge on any atom is -0.478 e. The number of ether oxygens (including phenoxy) is 2. The number of carbonyl (C=O) groups is 2. The van der Waals surface area contributed by atoms with E-state index in [0.717, 1.165) is 17.6 Å². The number of thiazole rings is 1. The van der Waals surface area contributed by atoms with Gasteiger partial charge in [0.15, 0.2) is 5.13 Å². The molecule has 10 heteroatoms. The summed E-state index contributed by atoms with van der Waals surface area (Å²) >= 11 is 13.9. The summed E-state index contributed by atoms with van der Waals surface area (Å²) in [4.78, 5) is 28.6. The third-order valence-electron chi connectivity index (χ3n) is 5.61. The Bertz CT molecular complexity index is 1300. The van der Waals surface area contributed by atoms with Crippen molar-refractivity contribution in [1.82, 2.24) is 4.98 Å². The molecule has 0 spiro atoms. The molecule has 0 saturated carbocycles. The maximum atomic E-state index is 12.9. The first-order valence-corrected chi connectivity index (χ1v) is 14.3. The number of nitrogens with zero attached hydrogens (tertiary/aromatic N) is 1. The summed E-state index contributed by atoms with van der Waals surface area (Å²) in [5, 5.41) is 14.4. The highest BCUT2D eigenvalue weighted by Crippen LogP contribution is 2.31. The third-order valence-corrected chi connectivity index (χ3v) is 7.00. The molecule has 0 aliphatic rings. The highest BCUT2D eigenvalue weighted by Gasteiger charge is 2.26. The van der Waals surface area contributed by atoms with Crippen LogP contribution in [-0.2, 0) is 14.3 Å². The predicted molar refractivity (Wildman–Crippen MR) is 165 cm³/mol. The Morgan fingerprint density at radius 1 is 1.25 bits per heavy atom. The number of carboxylic acid groups (broad SMARTS) is 1. The smallest absolute Gasteiger partial charge is 0.331 e. The fraction of sp³-hybridized carbons (Fsp3) is 0.367. The largest absolute Gasteiger partial charge is 0.478 e. The van der Waals surface area contributed by atoms with E-state index in [1.165, 1.54) is 36.5 Å². The van der Waals surface area contributed by atoms with E-state index in [-0.39, 0.29) is 32.7 Å². The zero-order chi connectivity index (χ0) is 30.0. The number of halogens is 2. The lowest BCUT2D eigenvalue weighted by Gasteiger charge is -2.31. The van der Waals surface area contributed by atoms with E-state index in [1.807, 2.05) is 23.6 Å². The Labute approximate surface area is 250 Å². The Morgan fingerprint density at radius 2 is 1.90 bits per heavy atom. The van der Waals surface area contributed by atoms with E-state index >= 15 is 0 Å². The van der Waals surface area contributed by atoms with E-state index in [9.17, 15) is 9.59 Å². The number of aliphatic carboxylic acids is 1. The van der Waals surface area contributed by atoms with Gasteiger partial charge in [0.2, 0.25) is 0 Å². The standard InChI is InChI=1S/C30H36Cl2N2O5S/c1-8-12-39-26(30(4,5)6)18(2)10-9-11-20(16-38-7)25-17-40-29(33-25)34-27(35)21-14-23(31)22(24(32)15-21)13-19(3)28(36)37/h9-11,13-15,17,26H,2,8,12,16H2,1,3-7H3,(H,36,37)(H,33,34,35)/b10-9-,19-13+,20-11+/t26-/m1/s1. The van der Waals surface area contributed by atoms with Gasteiger partial charge in [-0.1, -0.05) is 75.7 Å². The molecule has 2 N–H and O–H groups in total. The molecule has 7 nitrogen and oxygen atoms in total. The fourth-order valence-corrected chi connectivity index (χ4v) is 4.99. The first kappa shape index (κ1) is 33.5. The van der Waals surface area contributed by atoms with Gasteiger partial charge in [-0.05, 0) is 42.5 Å². The molecule has 0 aliphatic heterocycles. The second kappa shape index (κ2) is 15.3. The van der Waals surface area contributed by atoms with Crippen LogP contribution in [0, 0.1) is 5.41 Å². The molecule has 1 aromatic carbocycles. The number of carbonyl (C=O) groups excluding carboxylic acids is 1. The van der Waals surface area contributed by atoms with Gasteiger partial charge in [-0.15, -0.1) is 11.3 Å². The van der Waals surface area contributed by atoms with Crippen molar-refractivity contribution in [2.75, 3.05) is 25.6 Å². The third kappa shape index (κ3) is 9.71. The number of aromatic nitrogens is 1. The first-order valence-electron chi connectivity index (χ1n) is 12.6. The second-order valence-electron chi connectivity index (χ2n) is 10.2. The first-order chi connectivity index (χ1) is 18.8. The van der Waals surface area contributed by atoms with E-state index in [0.29, 0.717) is 29.6 Å². The molecule has 1 amide bonds. The lowest BCUT2D eigenvalue weighted by atomic mass is 9.84.